The Morgan fingerprint density at radius 2 is 1.71 bits per heavy atom. The van der Waals surface area contributed by atoms with Gasteiger partial charge in [0.1, 0.15) is 18.1 Å². The molecular formula is C20H22O4. The first kappa shape index (κ1) is 16.5. The lowest BCUT2D eigenvalue weighted by atomic mass is 9.87. The molecule has 0 saturated heterocycles. The maximum Gasteiger partial charge on any atom is 0.335 e. The van der Waals surface area contributed by atoms with E-state index in [1.54, 1.807) is 7.11 Å². The molecule has 0 saturated carbocycles. The molecule has 4 heteroatoms. The van der Waals surface area contributed by atoms with Crippen LogP contribution in [-0.4, -0.2) is 26.3 Å². The molecule has 0 atom stereocenters. The molecule has 1 aliphatic rings. The zero-order chi connectivity index (χ0) is 16.9. The van der Waals surface area contributed by atoms with E-state index < -0.39 is 5.97 Å². The molecule has 0 fully saturated rings. The van der Waals surface area contributed by atoms with Crippen molar-refractivity contribution in [3.05, 3.63) is 48.0 Å². The van der Waals surface area contributed by atoms with E-state index in [9.17, 15) is 4.79 Å². The number of methoxy groups -OCH3 is 1. The van der Waals surface area contributed by atoms with Crippen LogP contribution in [0.2, 0.25) is 0 Å². The number of hydrogen-bond acceptors (Lipinski definition) is 4. The Morgan fingerprint density at radius 1 is 1.08 bits per heavy atom. The summed E-state index contributed by atoms with van der Waals surface area (Å²) < 4.78 is 16.8. The second-order valence-corrected chi connectivity index (χ2v) is 5.83. The summed E-state index contributed by atoms with van der Waals surface area (Å²) in [4.78, 5) is 11.8. The Kier molecular flexibility index (Phi) is 5.16. The second kappa shape index (κ2) is 7.49. The summed E-state index contributed by atoms with van der Waals surface area (Å²) in [5.41, 5.74) is 2.24. The van der Waals surface area contributed by atoms with Gasteiger partial charge in [-0.05, 0) is 25.7 Å². The summed E-state index contributed by atoms with van der Waals surface area (Å²) in [6, 6.07) is 7.90. The van der Waals surface area contributed by atoms with Crippen LogP contribution in [0.3, 0.4) is 0 Å². The van der Waals surface area contributed by atoms with E-state index in [1.165, 1.54) is 6.08 Å². The highest BCUT2D eigenvalue weighted by Crippen LogP contribution is 2.44. The predicted octanol–water partition coefficient (Wildman–Crippen LogP) is 3.84. The Bertz CT molecular complexity index is 764. The van der Waals surface area contributed by atoms with Crippen LogP contribution in [0.1, 0.15) is 24.0 Å². The van der Waals surface area contributed by atoms with Crippen LogP contribution in [0.15, 0.2) is 36.9 Å². The molecule has 0 bridgehead atoms. The molecule has 2 aromatic carbocycles. The normalized spacial score (nSPS) is 13.4. The van der Waals surface area contributed by atoms with E-state index in [0.717, 1.165) is 53.3 Å². The number of benzene rings is 2. The van der Waals surface area contributed by atoms with Crippen LogP contribution < -0.4 is 9.47 Å². The van der Waals surface area contributed by atoms with Crippen molar-refractivity contribution in [2.45, 2.75) is 25.7 Å². The van der Waals surface area contributed by atoms with Crippen molar-refractivity contribution in [2.75, 3.05) is 20.3 Å². The minimum Gasteiger partial charge on any atom is -0.490 e. The second-order valence-electron chi connectivity index (χ2n) is 5.83. The molecule has 24 heavy (non-hydrogen) atoms. The predicted molar refractivity (Wildman–Crippen MR) is 93.8 cm³/mol. The third-order valence-electron chi connectivity index (χ3n) is 4.34. The van der Waals surface area contributed by atoms with Gasteiger partial charge in [-0.15, -0.1) is 0 Å². The molecule has 2 aromatic rings. The van der Waals surface area contributed by atoms with Crippen molar-refractivity contribution in [3.8, 4) is 11.5 Å². The van der Waals surface area contributed by atoms with Gasteiger partial charge in [-0.2, -0.15) is 0 Å². The summed E-state index contributed by atoms with van der Waals surface area (Å²) in [5, 5.41) is 1.88. The molecule has 4 nitrogen and oxygen atoms in total. The lowest BCUT2D eigenvalue weighted by molar-refractivity contribution is -0.128. The average Bonchev–Trinajstić information content (AvgIpc) is 2.63. The van der Waals surface area contributed by atoms with Gasteiger partial charge in [0.15, 0.2) is 0 Å². The largest absolute Gasteiger partial charge is 0.490 e. The number of carbonyl (C=O) groups is 1. The first-order chi connectivity index (χ1) is 11.8. The van der Waals surface area contributed by atoms with Gasteiger partial charge in [0, 0.05) is 35.1 Å². The summed E-state index contributed by atoms with van der Waals surface area (Å²) in [6.07, 6.45) is 5.22. The van der Waals surface area contributed by atoms with Gasteiger partial charge in [-0.25, -0.2) is 4.79 Å². The van der Waals surface area contributed by atoms with Gasteiger partial charge in [0.25, 0.3) is 0 Å². The lowest BCUT2D eigenvalue weighted by Crippen LogP contribution is -2.14. The van der Waals surface area contributed by atoms with Gasteiger partial charge in [0.2, 0.25) is 0 Å². The van der Waals surface area contributed by atoms with Crippen LogP contribution in [0.5, 0.6) is 11.5 Å². The third-order valence-corrected chi connectivity index (χ3v) is 4.34. The van der Waals surface area contributed by atoms with Gasteiger partial charge < -0.3 is 14.2 Å². The highest BCUT2D eigenvalue weighted by Gasteiger charge is 2.24. The molecule has 0 heterocycles. The van der Waals surface area contributed by atoms with E-state index in [0.29, 0.717) is 19.0 Å². The van der Waals surface area contributed by atoms with Crippen LogP contribution in [0.25, 0.3) is 10.8 Å². The number of hydrogen-bond donors (Lipinski definition) is 0. The highest BCUT2D eigenvalue weighted by atomic mass is 16.5. The molecule has 0 radical (unpaired) electrons. The topological polar surface area (TPSA) is 44.8 Å². The lowest BCUT2D eigenvalue weighted by Gasteiger charge is -2.24. The Morgan fingerprint density at radius 3 is 2.33 bits per heavy atom. The number of ether oxygens (including phenoxy) is 3. The van der Waals surface area contributed by atoms with Crippen molar-refractivity contribution >= 4 is 16.7 Å². The van der Waals surface area contributed by atoms with Crippen LogP contribution in [-0.2, 0) is 22.4 Å². The van der Waals surface area contributed by atoms with Gasteiger partial charge in [0.05, 0.1) is 6.61 Å². The summed E-state index contributed by atoms with van der Waals surface area (Å²) in [5.74, 6) is 1.13. The molecular weight excluding hydrogens is 304 g/mol. The van der Waals surface area contributed by atoms with Gasteiger partial charge >= 0.3 is 5.97 Å². The van der Waals surface area contributed by atoms with E-state index in [4.69, 9.17) is 14.2 Å². The summed E-state index contributed by atoms with van der Waals surface area (Å²) in [6.45, 7) is 4.54. The quantitative estimate of drug-likeness (QED) is 0.350. The maximum atomic E-state index is 11.8. The fraction of sp³-hybridized carbons (Fsp3) is 0.350. The van der Waals surface area contributed by atoms with Crippen molar-refractivity contribution in [3.63, 3.8) is 0 Å². The first-order valence-corrected chi connectivity index (χ1v) is 8.28. The van der Waals surface area contributed by atoms with Crippen molar-refractivity contribution in [2.24, 2.45) is 0 Å². The molecule has 0 spiro atoms. The highest BCUT2D eigenvalue weighted by molar-refractivity contribution is 5.98. The molecule has 126 valence electrons. The molecule has 0 unspecified atom stereocenters. The molecule has 0 N–H and O–H groups in total. The van der Waals surface area contributed by atoms with E-state index in [2.05, 4.69) is 6.58 Å². The Labute approximate surface area is 142 Å². The van der Waals surface area contributed by atoms with Gasteiger partial charge in [-0.1, -0.05) is 30.8 Å². The molecule has 1 aliphatic carbocycles. The summed E-state index contributed by atoms with van der Waals surface area (Å²) in [7, 11) is 1.66. The average molecular weight is 326 g/mol. The number of fused-ring (bicyclic) bond motifs is 2. The molecule has 0 aliphatic heterocycles. The Balaban J connectivity index is 2.18. The number of esters is 1. The number of carbonyl (C=O) groups excluding carboxylic acids is 1. The molecule has 3 rings (SSSR count). The summed E-state index contributed by atoms with van der Waals surface area (Å²) >= 11 is 0. The molecule has 0 amide bonds. The third kappa shape index (κ3) is 3.15. The van der Waals surface area contributed by atoms with E-state index in [-0.39, 0.29) is 0 Å². The van der Waals surface area contributed by atoms with Crippen LogP contribution in [0, 0.1) is 0 Å². The van der Waals surface area contributed by atoms with Crippen LogP contribution >= 0.6 is 0 Å². The zero-order valence-electron chi connectivity index (χ0n) is 14.0. The van der Waals surface area contributed by atoms with Crippen molar-refractivity contribution in [1.29, 1.82) is 0 Å². The maximum absolute atomic E-state index is 11.8. The van der Waals surface area contributed by atoms with Crippen LogP contribution in [0.4, 0.5) is 0 Å². The molecule has 0 aromatic heterocycles. The Hall–Kier alpha value is -2.33. The van der Waals surface area contributed by atoms with E-state index >= 15 is 0 Å². The fourth-order valence-corrected chi connectivity index (χ4v) is 3.26. The zero-order valence-corrected chi connectivity index (χ0v) is 14.0. The monoisotopic (exact) mass is 326 g/mol. The first-order valence-electron chi connectivity index (χ1n) is 8.28. The standard InChI is InChI=1S/C20H22O4/c1-3-18(21)24-20-16-10-6-4-8-14(16)19(23-13-12-22-2)15-9-5-7-11-17(15)20/h3-4,6,8,10H,1,5,7,9,11-13H2,2H3. The SMILES string of the molecule is C=CC(=O)Oc1c2c(c(OCCOC)c3ccccc13)CCCC2. The minimum absolute atomic E-state index is 0.430. The smallest absolute Gasteiger partial charge is 0.335 e. The minimum atomic E-state index is -0.430. The van der Waals surface area contributed by atoms with E-state index in [1.807, 2.05) is 24.3 Å². The van der Waals surface area contributed by atoms with Crippen molar-refractivity contribution < 1.29 is 19.0 Å². The fourth-order valence-electron chi connectivity index (χ4n) is 3.26. The van der Waals surface area contributed by atoms with Gasteiger partial charge in [-0.3, -0.25) is 0 Å². The van der Waals surface area contributed by atoms with Crippen molar-refractivity contribution in [1.82, 2.24) is 0 Å². The number of rotatable bonds is 6.